The predicted molar refractivity (Wildman–Crippen MR) is 110 cm³/mol. The Morgan fingerprint density at radius 3 is 2.41 bits per heavy atom. The molecule has 1 saturated heterocycles. The van der Waals surface area contributed by atoms with E-state index in [1.54, 1.807) is 18.2 Å². The number of benzene rings is 2. The topological polar surface area (TPSA) is 60.9 Å². The summed E-state index contributed by atoms with van der Waals surface area (Å²) in [6.07, 6.45) is 1.06. The van der Waals surface area contributed by atoms with Crippen LogP contribution in [0.15, 0.2) is 47.4 Å². The Kier molecular flexibility index (Phi) is 5.27. The Morgan fingerprint density at radius 1 is 1.10 bits per heavy atom. The van der Waals surface area contributed by atoms with Gasteiger partial charge in [0.2, 0.25) is 0 Å². The summed E-state index contributed by atoms with van der Waals surface area (Å²) >= 11 is 0. The molecule has 1 N–H and O–H groups in total. The summed E-state index contributed by atoms with van der Waals surface area (Å²) < 4.78 is 38.1. The van der Waals surface area contributed by atoms with Crippen molar-refractivity contribution in [2.75, 3.05) is 33.4 Å². The highest BCUT2D eigenvalue weighted by Crippen LogP contribution is 2.46. The summed E-state index contributed by atoms with van der Waals surface area (Å²) in [7, 11) is 0.832. The van der Waals surface area contributed by atoms with Gasteiger partial charge in [0.1, 0.15) is 5.82 Å². The van der Waals surface area contributed by atoms with Gasteiger partial charge in [-0.05, 0) is 49.8 Å². The Balaban J connectivity index is 1.64. The lowest BCUT2D eigenvalue weighted by Gasteiger charge is -2.26. The summed E-state index contributed by atoms with van der Waals surface area (Å²) in [6, 6.07) is 12.1. The number of sulfone groups is 1. The lowest BCUT2D eigenvalue weighted by Crippen LogP contribution is -2.35. The Hall–Kier alpha value is -1.80. The van der Waals surface area contributed by atoms with Crippen molar-refractivity contribution < 1.29 is 17.9 Å². The summed E-state index contributed by atoms with van der Waals surface area (Å²) in [5, 5.41) is 10.4. The van der Waals surface area contributed by atoms with Crippen molar-refractivity contribution in [2.24, 2.45) is 0 Å². The molecule has 1 fully saturated rings. The van der Waals surface area contributed by atoms with E-state index in [9.17, 15) is 17.9 Å². The van der Waals surface area contributed by atoms with Crippen LogP contribution in [0.4, 0.5) is 4.39 Å². The summed E-state index contributed by atoms with van der Waals surface area (Å²) in [6.45, 7) is 1.49. The number of hydrogen-bond acceptors (Lipinski definition) is 5. The SMILES string of the molecule is CN(C)[C@H]1CN([C@@H]2C[C@@H](O)c3cccc(F)c32)C[C@@H]1c1ccc(S(C)(=O)=O)cc1. The summed E-state index contributed by atoms with van der Waals surface area (Å²) in [5.41, 5.74) is 2.38. The first kappa shape index (κ1) is 20.5. The fourth-order valence-corrected chi connectivity index (χ4v) is 5.50. The van der Waals surface area contributed by atoms with Crippen molar-refractivity contribution in [3.05, 3.63) is 65.0 Å². The van der Waals surface area contributed by atoms with E-state index in [-0.39, 0.29) is 23.8 Å². The van der Waals surface area contributed by atoms with Crippen LogP contribution in [0.1, 0.15) is 41.2 Å². The lowest BCUT2D eigenvalue weighted by atomic mass is 9.94. The number of likely N-dealkylation sites (N-methyl/N-ethyl adjacent to an activating group) is 1. The van der Waals surface area contributed by atoms with Crippen LogP contribution >= 0.6 is 0 Å². The molecule has 0 amide bonds. The van der Waals surface area contributed by atoms with Gasteiger partial charge in [-0.2, -0.15) is 0 Å². The highest BCUT2D eigenvalue weighted by molar-refractivity contribution is 7.90. The first-order chi connectivity index (χ1) is 13.7. The Bertz CT molecular complexity index is 1010. The summed E-state index contributed by atoms with van der Waals surface area (Å²) in [4.78, 5) is 4.74. The molecular weight excluding hydrogens is 391 g/mol. The molecule has 0 spiro atoms. The van der Waals surface area contributed by atoms with Gasteiger partial charge in [-0.1, -0.05) is 24.3 Å². The molecule has 0 radical (unpaired) electrons. The zero-order valence-electron chi connectivity index (χ0n) is 16.9. The second kappa shape index (κ2) is 7.47. The van der Waals surface area contributed by atoms with E-state index in [1.165, 1.54) is 12.3 Å². The number of fused-ring (bicyclic) bond motifs is 1. The highest BCUT2D eigenvalue weighted by atomic mass is 32.2. The quantitative estimate of drug-likeness (QED) is 0.827. The van der Waals surface area contributed by atoms with E-state index in [2.05, 4.69) is 9.80 Å². The lowest BCUT2D eigenvalue weighted by molar-refractivity contribution is 0.133. The maximum absolute atomic E-state index is 14.6. The third-order valence-corrected chi connectivity index (χ3v) is 7.51. The zero-order valence-corrected chi connectivity index (χ0v) is 17.7. The molecule has 2 aromatic carbocycles. The van der Waals surface area contributed by atoms with Gasteiger partial charge in [0.25, 0.3) is 0 Å². The Labute approximate surface area is 171 Å². The third kappa shape index (κ3) is 3.72. The van der Waals surface area contributed by atoms with E-state index in [1.807, 2.05) is 32.3 Å². The second-order valence-electron chi connectivity index (χ2n) is 8.44. The van der Waals surface area contributed by atoms with Crippen LogP contribution in [-0.2, 0) is 9.84 Å². The van der Waals surface area contributed by atoms with E-state index < -0.39 is 15.9 Å². The van der Waals surface area contributed by atoms with Gasteiger partial charge in [0, 0.05) is 42.9 Å². The number of likely N-dealkylation sites (tertiary alicyclic amines) is 1. The molecule has 156 valence electrons. The van der Waals surface area contributed by atoms with Gasteiger partial charge in [-0.15, -0.1) is 0 Å². The van der Waals surface area contributed by atoms with Gasteiger partial charge < -0.3 is 10.0 Å². The number of halogens is 1. The van der Waals surface area contributed by atoms with Gasteiger partial charge in [-0.3, -0.25) is 4.90 Å². The van der Waals surface area contributed by atoms with Crippen molar-refractivity contribution in [3.63, 3.8) is 0 Å². The fourth-order valence-electron chi connectivity index (χ4n) is 4.87. The fraction of sp³-hybridized carbons (Fsp3) is 0.455. The minimum absolute atomic E-state index is 0.149. The van der Waals surface area contributed by atoms with Crippen LogP contribution in [0.5, 0.6) is 0 Å². The molecule has 0 unspecified atom stereocenters. The maximum atomic E-state index is 14.6. The molecule has 5 nitrogen and oxygen atoms in total. The first-order valence-corrected chi connectivity index (χ1v) is 11.7. The molecule has 4 rings (SSSR count). The number of aliphatic hydroxyl groups excluding tert-OH is 1. The standard InChI is InChI=1S/C22H27FN2O3S/c1-24(2)20-13-25(19-11-21(26)16-5-4-6-18(23)22(16)19)12-17(20)14-7-9-15(10-8-14)29(3,27)28/h4-10,17,19-21,26H,11-13H2,1-3H3/t17-,19-,20+,21-/m1/s1. The van der Waals surface area contributed by atoms with Crippen LogP contribution in [0.25, 0.3) is 0 Å². The van der Waals surface area contributed by atoms with Crippen LogP contribution in [-0.4, -0.2) is 62.8 Å². The zero-order chi connectivity index (χ0) is 20.9. The molecular formula is C22H27FN2O3S. The molecule has 4 atom stereocenters. The third-order valence-electron chi connectivity index (χ3n) is 6.38. The average Bonchev–Trinajstić information content (AvgIpc) is 3.24. The van der Waals surface area contributed by atoms with Gasteiger partial charge >= 0.3 is 0 Å². The van der Waals surface area contributed by atoms with Crippen molar-refractivity contribution in [3.8, 4) is 0 Å². The first-order valence-electron chi connectivity index (χ1n) is 9.83. The largest absolute Gasteiger partial charge is 0.388 e. The molecule has 1 heterocycles. The number of rotatable bonds is 4. The highest BCUT2D eigenvalue weighted by Gasteiger charge is 2.43. The molecule has 1 aliphatic carbocycles. The van der Waals surface area contributed by atoms with Crippen molar-refractivity contribution in [1.29, 1.82) is 0 Å². The monoisotopic (exact) mass is 418 g/mol. The normalized spacial score (nSPS) is 27.5. The van der Waals surface area contributed by atoms with Crippen LogP contribution in [0.3, 0.4) is 0 Å². The maximum Gasteiger partial charge on any atom is 0.175 e. The smallest absolute Gasteiger partial charge is 0.175 e. The minimum atomic E-state index is -3.23. The van der Waals surface area contributed by atoms with Crippen molar-refractivity contribution >= 4 is 9.84 Å². The van der Waals surface area contributed by atoms with Gasteiger partial charge in [0.05, 0.1) is 11.0 Å². The van der Waals surface area contributed by atoms with E-state index in [4.69, 9.17) is 0 Å². The van der Waals surface area contributed by atoms with Crippen molar-refractivity contribution in [2.45, 2.75) is 35.4 Å². The molecule has 29 heavy (non-hydrogen) atoms. The second-order valence-corrected chi connectivity index (χ2v) is 10.5. The summed E-state index contributed by atoms with van der Waals surface area (Å²) in [5.74, 6) is -0.0852. The Morgan fingerprint density at radius 2 is 1.79 bits per heavy atom. The van der Waals surface area contributed by atoms with Gasteiger partial charge in [-0.25, -0.2) is 12.8 Å². The minimum Gasteiger partial charge on any atom is -0.388 e. The molecule has 0 aromatic heterocycles. The van der Waals surface area contributed by atoms with Gasteiger partial charge in [0.15, 0.2) is 9.84 Å². The predicted octanol–water partition coefficient (Wildman–Crippen LogP) is 2.74. The van der Waals surface area contributed by atoms with Crippen LogP contribution in [0, 0.1) is 5.82 Å². The molecule has 2 aliphatic rings. The van der Waals surface area contributed by atoms with Crippen LogP contribution in [0.2, 0.25) is 0 Å². The van der Waals surface area contributed by atoms with E-state index >= 15 is 0 Å². The molecule has 0 bridgehead atoms. The molecule has 2 aromatic rings. The van der Waals surface area contributed by atoms with E-state index in [0.717, 1.165) is 18.7 Å². The van der Waals surface area contributed by atoms with Crippen LogP contribution < -0.4 is 0 Å². The molecule has 7 heteroatoms. The number of nitrogens with zero attached hydrogens (tertiary/aromatic N) is 2. The number of hydrogen-bond donors (Lipinski definition) is 1. The van der Waals surface area contributed by atoms with Crippen molar-refractivity contribution in [1.82, 2.24) is 9.80 Å². The molecule has 1 aliphatic heterocycles. The molecule has 0 saturated carbocycles. The number of aliphatic hydroxyl groups is 1. The average molecular weight is 419 g/mol. The van der Waals surface area contributed by atoms with E-state index in [0.29, 0.717) is 22.4 Å².